The molecule has 1 saturated heterocycles. The van der Waals surface area contributed by atoms with Crippen LogP contribution in [0, 0.1) is 6.92 Å². The van der Waals surface area contributed by atoms with Crippen LogP contribution in [0.4, 0.5) is 4.79 Å². The van der Waals surface area contributed by atoms with E-state index in [-0.39, 0.29) is 11.1 Å². The summed E-state index contributed by atoms with van der Waals surface area (Å²) in [7, 11) is 0. The predicted octanol–water partition coefficient (Wildman–Crippen LogP) is 4.23. The Morgan fingerprint density at radius 3 is 2.36 bits per heavy atom. The molecule has 0 radical (unpaired) electrons. The van der Waals surface area contributed by atoms with Crippen LogP contribution in [0.25, 0.3) is 6.08 Å². The molecule has 0 saturated carbocycles. The second kappa shape index (κ2) is 6.20. The average molecular weight is 309 g/mol. The van der Waals surface area contributed by atoms with Gasteiger partial charge in [-0.2, -0.15) is 0 Å². The Morgan fingerprint density at radius 2 is 1.68 bits per heavy atom. The van der Waals surface area contributed by atoms with E-state index >= 15 is 0 Å². The minimum atomic E-state index is -0.223. The van der Waals surface area contributed by atoms with E-state index in [1.165, 1.54) is 4.90 Å². The molecule has 0 bridgehead atoms. The first-order valence-electron chi connectivity index (χ1n) is 6.99. The fourth-order valence-corrected chi connectivity index (χ4v) is 3.05. The van der Waals surface area contributed by atoms with Gasteiger partial charge in [0.05, 0.1) is 11.4 Å². The monoisotopic (exact) mass is 309 g/mol. The van der Waals surface area contributed by atoms with Gasteiger partial charge in [0.2, 0.25) is 0 Å². The number of imide groups is 1. The zero-order valence-corrected chi connectivity index (χ0v) is 13.0. The van der Waals surface area contributed by atoms with Crippen molar-refractivity contribution in [3.8, 4) is 0 Å². The maximum atomic E-state index is 12.4. The molecule has 1 aliphatic heterocycles. The molecular weight excluding hydrogens is 294 g/mol. The fraction of sp³-hybridized carbons (Fsp3) is 0.111. The number of thioether (sulfide) groups is 1. The van der Waals surface area contributed by atoms with E-state index in [4.69, 9.17) is 0 Å². The van der Waals surface area contributed by atoms with Crippen LogP contribution >= 0.6 is 11.8 Å². The lowest BCUT2D eigenvalue weighted by atomic mass is 10.1. The lowest BCUT2D eigenvalue weighted by Gasteiger charge is -2.12. The SMILES string of the molecule is Cc1ccc(CN2C(=O)S/C(=C/c3ccccc3)C2=O)cc1. The number of hydrogen-bond donors (Lipinski definition) is 0. The van der Waals surface area contributed by atoms with E-state index in [0.29, 0.717) is 11.4 Å². The Balaban J connectivity index is 1.80. The largest absolute Gasteiger partial charge is 0.293 e. The topological polar surface area (TPSA) is 37.4 Å². The third-order valence-electron chi connectivity index (χ3n) is 3.43. The Bertz CT molecular complexity index is 735. The summed E-state index contributed by atoms with van der Waals surface area (Å²) in [6.45, 7) is 2.32. The Kier molecular flexibility index (Phi) is 4.11. The van der Waals surface area contributed by atoms with Crippen molar-refractivity contribution in [2.45, 2.75) is 13.5 Å². The highest BCUT2D eigenvalue weighted by Gasteiger charge is 2.34. The molecule has 4 heteroatoms. The van der Waals surface area contributed by atoms with Crippen molar-refractivity contribution in [3.63, 3.8) is 0 Å². The molecule has 1 aliphatic rings. The van der Waals surface area contributed by atoms with Crippen molar-refractivity contribution >= 4 is 29.0 Å². The number of amides is 2. The van der Waals surface area contributed by atoms with Gasteiger partial charge in [-0.1, -0.05) is 60.2 Å². The van der Waals surface area contributed by atoms with Gasteiger partial charge in [0, 0.05) is 0 Å². The van der Waals surface area contributed by atoms with Crippen LogP contribution in [0.1, 0.15) is 16.7 Å². The molecule has 2 amide bonds. The molecule has 2 aromatic rings. The molecule has 0 aromatic heterocycles. The molecule has 0 N–H and O–H groups in total. The van der Waals surface area contributed by atoms with Gasteiger partial charge in [-0.25, -0.2) is 0 Å². The van der Waals surface area contributed by atoms with E-state index in [2.05, 4.69) is 0 Å². The van der Waals surface area contributed by atoms with Crippen molar-refractivity contribution in [2.75, 3.05) is 0 Å². The summed E-state index contributed by atoms with van der Waals surface area (Å²) in [6, 6.07) is 17.4. The predicted molar refractivity (Wildman–Crippen MR) is 89.1 cm³/mol. The Morgan fingerprint density at radius 1 is 1.00 bits per heavy atom. The van der Waals surface area contributed by atoms with Crippen LogP contribution in [0.5, 0.6) is 0 Å². The van der Waals surface area contributed by atoms with E-state index in [1.54, 1.807) is 6.08 Å². The molecule has 2 aromatic carbocycles. The number of benzene rings is 2. The van der Waals surface area contributed by atoms with Gasteiger partial charge in [0.25, 0.3) is 11.1 Å². The number of hydrogen-bond acceptors (Lipinski definition) is 3. The lowest BCUT2D eigenvalue weighted by Crippen LogP contribution is -2.27. The van der Waals surface area contributed by atoms with Gasteiger partial charge in [-0.05, 0) is 35.9 Å². The van der Waals surface area contributed by atoms with E-state index in [0.717, 1.165) is 28.5 Å². The van der Waals surface area contributed by atoms with Gasteiger partial charge < -0.3 is 0 Å². The zero-order chi connectivity index (χ0) is 15.5. The van der Waals surface area contributed by atoms with E-state index in [9.17, 15) is 9.59 Å². The highest BCUT2D eigenvalue weighted by atomic mass is 32.2. The molecule has 3 nitrogen and oxygen atoms in total. The standard InChI is InChI=1S/C18H15NO2S/c1-13-7-9-15(10-8-13)12-19-17(20)16(22-18(19)21)11-14-5-3-2-4-6-14/h2-11H,12H2,1H3/b16-11+. The van der Waals surface area contributed by atoms with Crippen molar-refractivity contribution in [1.29, 1.82) is 0 Å². The summed E-state index contributed by atoms with van der Waals surface area (Å²) in [5.41, 5.74) is 3.03. The summed E-state index contributed by atoms with van der Waals surface area (Å²) in [5, 5.41) is -0.215. The summed E-state index contributed by atoms with van der Waals surface area (Å²) in [4.78, 5) is 26.3. The minimum Gasteiger partial charge on any atom is -0.268 e. The summed E-state index contributed by atoms with van der Waals surface area (Å²) in [5.74, 6) is -0.223. The van der Waals surface area contributed by atoms with E-state index in [1.807, 2.05) is 61.5 Å². The van der Waals surface area contributed by atoms with Crippen LogP contribution in [-0.2, 0) is 11.3 Å². The van der Waals surface area contributed by atoms with Gasteiger partial charge in [0.1, 0.15) is 0 Å². The number of nitrogens with zero attached hydrogens (tertiary/aromatic N) is 1. The number of aryl methyl sites for hydroxylation is 1. The second-order valence-corrected chi connectivity index (χ2v) is 6.16. The second-order valence-electron chi connectivity index (χ2n) is 5.16. The highest BCUT2D eigenvalue weighted by molar-refractivity contribution is 8.18. The van der Waals surface area contributed by atoms with Crippen LogP contribution in [0.15, 0.2) is 59.5 Å². The minimum absolute atomic E-state index is 0.215. The number of carbonyl (C=O) groups is 2. The summed E-state index contributed by atoms with van der Waals surface area (Å²) in [6.07, 6.45) is 1.76. The lowest BCUT2D eigenvalue weighted by molar-refractivity contribution is -0.123. The summed E-state index contributed by atoms with van der Waals surface area (Å²) >= 11 is 0.998. The van der Waals surface area contributed by atoms with Crippen LogP contribution in [0.2, 0.25) is 0 Å². The van der Waals surface area contributed by atoms with Gasteiger partial charge in [-0.15, -0.1) is 0 Å². The molecule has 0 atom stereocenters. The highest BCUT2D eigenvalue weighted by Crippen LogP contribution is 2.33. The van der Waals surface area contributed by atoms with Gasteiger partial charge in [0.15, 0.2) is 0 Å². The van der Waals surface area contributed by atoms with Crippen molar-refractivity contribution in [2.24, 2.45) is 0 Å². The first-order chi connectivity index (χ1) is 10.6. The third kappa shape index (κ3) is 3.12. The molecule has 0 spiro atoms. The van der Waals surface area contributed by atoms with Crippen LogP contribution in [-0.4, -0.2) is 16.0 Å². The average Bonchev–Trinajstić information content (AvgIpc) is 2.78. The number of rotatable bonds is 3. The third-order valence-corrected chi connectivity index (χ3v) is 4.34. The molecule has 1 heterocycles. The van der Waals surface area contributed by atoms with Crippen LogP contribution < -0.4 is 0 Å². The zero-order valence-electron chi connectivity index (χ0n) is 12.2. The molecule has 110 valence electrons. The molecule has 0 aliphatic carbocycles. The smallest absolute Gasteiger partial charge is 0.268 e. The van der Waals surface area contributed by atoms with Gasteiger partial charge in [-0.3, -0.25) is 14.5 Å². The van der Waals surface area contributed by atoms with Gasteiger partial charge >= 0.3 is 0 Å². The molecule has 0 unspecified atom stereocenters. The fourth-order valence-electron chi connectivity index (χ4n) is 2.21. The quantitative estimate of drug-likeness (QED) is 0.796. The first-order valence-corrected chi connectivity index (χ1v) is 7.81. The summed E-state index contributed by atoms with van der Waals surface area (Å²) < 4.78 is 0. The Labute approximate surface area is 133 Å². The van der Waals surface area contributed by atoms with Crippen molar-refractivity contribution < 1.29 is 9.59 Å². The number of carbonyl (C=O) groups excluding carboxylic acids is 2. The van der Waals surface area contributed by atoms with Crippen LogP contribution in [0.3, 0.4) is 0 Å². The van der Waals surface area contributed by atoms with Crippen molar-refractivity contribution in [3.05, 3.63) is 76.2 Å². The Hall–Kier alpha value is -2.33. The van der Waals surface area contributed by atoms with Crippen molar-refractivity contribution in [1.82, 2.24) is 4.90 Å². The molecule has 22 heavy (non-hydrogen) atoms. The molecule has 1 fully saturated rings. The molecule has 3 rings (SSSR count). The maximum Gasteiger partial charge on any atom is 0.293 e. The molecular formula is C18H15NO2S. The van der Waals surface area contributed by atoms with E-state index < -0.39 is 0 Å². The normalized spacial score (nSPS) is 16.6. The maximum absolute atomic E-state index is 12.4. The first kappa shape index (κ1) is 14.6.